The molecule has 0 fully saturated rings. The van der Waals surface area contributed by atoms with Gasteiger partial charge in [-0.25, -0.2) is 0 Å². The van der Waals surface area contributed by atoms with Gasteiger partial charge in [0.25, 0.3) is 0 Å². The molecular formula is C10H4Cl2N2O. The lowest BCUT2D eigenvalue weighted by molar-refractivity contribution is 1.34. The third kappa shape index (κ3) is 1.58. The van der Waals surface area contributed by atoms with Crippen LogP contribution in [0.5, 0.6) is 0 Å². The van der Waals surface area contributed by atoms with Crippen LogP contribution in [0.25, 0.3) is 10.9 Å². The van der Waals surface area contributed by atoms with Gasteiger partial charge in [-0.1, -0.05) is 23.2 Å². The van der Waals surface area contributed by atoms with Crippen molar-refractivity contribution >= 4 is 34.1 Å². The average Bonchev–Trinajstić information content (AvgIpc) is 2.22. The van der Waals surface area contributed by atoms with Crippen LogP contribution < -0.4 is 5.43 Å². The molecule has 0 saturated carbocycles. The van der Waals surface area contributed by atoms with Crippen molar-refractivity contribution < 1.29 is 0 Å². The Morgan fingerprint density at radius 3 is 2.60 bits per heavy atom. The third-order valence-corrected chi connectivity index (χ3v) is 2.76. The second-order valence-corrected chi connectivity index (χ2v) is 3.77. The van der Waals surface area contributed by atoms with Crippen LogP contribution in [0.1, 0.15) is 5.56 Å². The summed E-state index contributed by atoms with van der Waals surface area (Å²) in [5, 5.41) is 9.70. The summed E-state index contributed by atoms with van der Waals surface area (Å²) in [6.45, 7) is 0. The van der Waals surface area contributed by atoms with Gasteiger partial charge in [-0.05, 0) is 12.1 Å². The largest absolute Gasteiger partial charge is 0.360 e. The Morgan fingerprint density at radius 2 is 1.93 bits per heavy atom. The summed E-state index contributed by atoms with van der Waals surface area (Å²) in [6.07, 6.45) is 1.36. The van der Waals surface area contributed by atoms with E-state index in [0.717, 1.165) is 0 Å². The van der Waals surface area contributed by atoms with Gasteiger partial charge in [0.15, 0.2) is 0 Å². The first-order valence-corrected chi connectivity index (χ1v) is 4.79. The fourth-order valence-electron chi connectivity index (χ4n) is 1.30. The van der Waals surface area contributed by atoms with Gasteiger partial charge in [-0.3, -0.25) is 4.79 Å². The predicted molar refractivity (Wildman–Crippen MR) is 59.3 cm³/mol. The molecule has 0 amide bonds. The van der Waals surface area contributed by atoms with Crippen LogP contribution in [0.2, 0.25) is 10.0 Å². The predicted octanol–water partition coefficient (Wildman–Crippen LogP) is 2.71. The van der Waals surface area contributed by atoms with Crippen molar-refractivity contribution in [1.29, 1.82) is 5.26 Å². The molecule has 0 radical (unpaired) electrons. The number of nitrogens with one attached hydrogen (secondary N) is 1. The number of nitrogens with zero attached hydrogens (tertiary/aromatic N) is 1. The van der Waals surface area contributed by atoms with Crippen molar-refractivity contribution in [2.75, 3.05) is 0 Å². The minimum absolute atomic E-state index is 0.0564. The summed E-state index contributed by atoms with van der Waals surface area (Å²) in [5.74, 6) is 0. The Kier molecular flexibility index (Phi) is 2.39. The van der Waals surface area contributed by atoms with Crippen LogP contribution in [-0.2, 0) is 0 Å². The van der Waals surface area contributed by atoms with Gasteiger partial charge in [0.2, 0.25) is 5.43 Å². The topological polar surface area (TPSA) is 56.6 Å². The molecule has 0 saturated heterocycles. The van der Waals surface area contributed by atoms with E-state index in [1.807, 2.05) is 0 Å². The number of fused-ring (bicyclic) bond motifs is 1. The first-order chi connectivity index (χ1) is 7.13. The molecule has 5 heteroatoms. The fraction of sp³-hybridized carbons (Fsp3) is 0. The van der Waals surface area contributed by atoms with Gasteiger partial charge in [0, 0.05) is 11.6 Å². The number of benzene rings is 1. The number of H-pyrrole nitrogens is 1. The van der Waals surface area contributed by atoms with Crippen LogP contribution in [0, 0.1) is 11.3 Å². The smallest absolute Gasteiger partial charge is 0.207 e. The molecule has 0 atom stereocenters. The van der Waals surface area contributed by atoms with E-state index >= 15 is 0 Å². The van der Waals surface area contributed by atoms with E-state index in [0.29, 0.717) is 20.9 Å². The fourth-order valence-corrected chi connectivity index (χ4v) is 1.63. The van der Waals surface area contributed by atoms with Gasteiger partial charge in [0.1, 0.15) is 11.6 Å². The maximum absolute atomic E-state index is 11.7. The molecule has 1 aromatic carbocycles. The molecule has 0 bridgehead atoms. The summed E-state index contributed by atoms with van der Waals surface area (Å²) in [4.78, 5) is 14.5. The van der Waals surface area contributed by atoms with Crippen molar-refractivity contribution in [2.45, 2.75) is 0 Å². The maximum atomic E-state index is 11.7. The van der Waals surface area contributed by atoms with Crippen LogP contribution in [0.4, 0.5) is 0 Å². The van der Waals surface area contributed by atoms with E-state index in [2.05, 4.69) is 4.98 Å². The number of halogens is 2. The number of pyridine rings is 1. The van der Waals surface area contributed by atoms with Gasteiger partial charge in [0.05, 0.1) is 15.6 Å². The van der Waals surface area contributed by atoms with Crippen LogP contribution in [0.15, 0.2) is 23.1 Å². The Morgan fingerprint density at radius 1 is 1.27 bits per heavy atom. The zero-order valence-electron chi connectivity index (χ0n) is 7.34. The van der Waals surface area contributed by atoms with E-state index in [4.69, 9.17) is 28.5 Å². The summed E-state index contributed by atoms with van der Waals surface area (Å²) in [6, 6.07) is 4.82. The molecule has 0 aliphatic heterocycles. The summed E-state index contributed by atoms with van der Waals surface area (Å²) in [5.41, 5.74) is 0.277. The molecule has 0 aliphatic rings. The van der Waals surface area contributed by atoms with E-state index < -0.39 is 0 Å². The Bertz CT molecular complexity index is 640. The quantitative estimate of drug-likeness (QED) is 0.768. The molecule has 15 heavy (non-hydrogen) atoms. The number of aromatic nitrogens is 1. The third-order valence-electron chi connectivity index (χ3n) is 2.04. The standard InChI is InChI=1S/C10H4Cl2N2O/c11-7-1-6-9(2-8(7)12)14-4-5(3-13)10(6)15/h1-2,4H,(H,14,15). The highest BCUT2D eigenvalue weighted by atomic mass is 35.5. The summed E-state index contributed by atoms with van der Waals surface area (Å²) < 4.78 is 0. The van der Waals surface area contributed by atoms with E-state index in [-0.39, 0.29) is 11.0 Å². The molecule has 0 unspecified atom stereocenters. The molecule has 0 aliphatic carbocycles. The minimum atomic E-state index is -0.343. The summed E-state index contributed by atoms with van der Waals surface area (Å²) >= 11 is 11.6. The first kappa shape index (κ1) is 10.0. The Labute approximate surface area is 94.9 Å². The van der Waals surface area contributed by atoms with Crippen LogP contribution in [-0.4, -0.2) is 4.98 Å². The highest BCUT2D eigenvalue weighted by Crippen LogP contribution is 2.25. The number of nitriles is 1. The molecule has 0 spiro atoms. The lowest BCUT2D eigenvalue weighted by Crippen LogP contribution is -2.06. The molecule has 1 N–H and O–H groups in total. The van der Waals surface area contributed by atoms with Gasteiger partial charge >= 0.3 is 0 Å². The van der Waals surface area contributed by atoms with Crippen LogP contribution in [0.3, 0.4) is 0 Å². The van der Waals surface area contributed by atoms with Crippen molar-refractivity contribution in [3.63, 3.8) is 0 Å². The van der Waals surface area contributed by atoms with E-state index in [9.17, 15) is 4.79 Å². The van der Waals surface area contributed by atoms with Gasteiger partial charge < -0.3 is 4.98 Å². The van der Waals surface area contributed by atoms with Gasteiger partial charge in [-0.15, -0.1) is 0 Å². The summed E-state index contributed by atoms with van der Waals surface area (Å²) in [7, 11) is 0. The van der Waals surface area contributed by atoms with E-state index in [1.165, 1.54) is 12.3 Å². The monoisotopic (exact) mass is 238 g/mol. The highest BCUT2D eigenvalue weighted by Gasteiger charge is 2.07. The maximum Gasteiger partial charge on any atom is 0.207 e. The van der Waals surface area contributed by atoms with Crippen molar-refractivity contribution in [3.8, 4) is 6.07 Å². The van der Waals surface area contributed by atoms with Gasteiger partial charge in [-0.2, -0.15) is 5.26 Å². The van der Waals surface area contributed by atoms with E-state index in [1.54, 1.807) is 12.1 Å². The molecule has 2 rings (SSSR count). The van der Waals surface area contributed by atoms with Crippen molar-refractivity contribution in [1.82, 2.24) is 4.98 Å². The zero-order chi connectivity index (χ0) is 11.0. The minimum Gasteiger partial charge on any atom is -0.360 e. The van der Waals surface area contributed by atoms with Crippen molar-refractivity contribution in [3.05, 3.63) is 44.2 Å². The number of rotatable bonds is 0. The number of aromatic amines is 1. The molecule has 3 nitrogen and oxygen atoms in total. The number of hydrogen-bond acceptors (Lipinski definition) is 2. The second kappa shape index (κ2) is 3.58. The lowest BCUT2D eigenvalue weighted by atomic mass is 10.1. The Balaban J connectivity index is 2.96. The Hall–Kier alpha value is -1.50. The zero-order valence-corrected chi connectivity index (χ0v) is 8.86. The second-order valence-electron chi connectivity index (χ2n) is 2.96. The molecule has 2 aromatic rings. The first-order valence-electron chi connectivity index (χ1n) is 4.04. The van der Waals surface area contributed by atoms with Crippen molar-refractivity contribution in [2.24, 2.45) is 0 Å². The average molecular weight is 239 g/mol. The SMILES string of the molecule is N#Cc1c[nH]c2cc(Cl)c(Cl)cc2c1=O. The molecule has 74 valence electrons. The number of hydrogen-bond donors (Lipinski definition) is 1. The lowest BCUT2D eigenvalue weighted by Gasteiger charge is -2.00. The van der Waals surface area contributed by atoms with Crippen LogP contribution >= 0.6 is 23.2 Å². The molecule has 1 aromatic heterocycles. The molecular weight excluding hydrogens is 235 g/mol. The highest BCUT2D eigenvalue weighted by molar-refractivity contribution is 6.42. The normalized spacial score (nSPS) is 10.2. The molecule has 1 heterocycles.